The number of aryl methyl sites for hydroxylation is 1. The summed E-state index contributed by atoms with van der Waals surface area (Å²) in [6.45, 7) is 2.07. The van der Waals surface area contributed by atoms with Crippen LogP contribution in [0.2, 0.25) is 0 Å². The fourth-order valence-corrected chi connectivity index (χ4v) is 4.08. The maximum absolute atomic E-state index is 13.4. The van der Waals surface area contributed by atoms with Crippen LogP contribution in [0.25, 0.3) is 0 Å². The summed E-state index contributed by atoms with van der Waals surface area (Å²) in [6, 6.07) is 2.16. The molecular formula is C22H22O11. The zero-order chi connectivity index (χ0) is 24.4. The average Bonchev–Trinajstić information content (AvgIpc) is 2.77. The molecule has 11 heteroatoms. The summed E-state index contributed by atoms with van der Waals surface area (Å²) >= 11 is 0. The van der Waals surface area contributed by atoms with Gasteiger partial charge >= 0.3 is 0 Å². The molecule has 2 aromatic carbocycles. The highest BCUT2D eigenvalue weighted by atomic mass is 16.7. The van der Waals surface area contributed by atoms with Gasteiger partial charge in [0.2, 0.25) is 12.1 Å². The Morgan fingerprint density at radius 1 is 0.879 bits per heavy atom. The fourth-order valence-electron chi connectivity index (χ4n) is 4.08. The van der Waals surface area contributed by atoms with Crippen LogP contribution < -0.4 is 4.74 Å². The average molecular weight is 462 g/mol. The molecule has 2 aromatic rings. The van der Waals surface area contributed by atoms with Crippen LogP contribution in [-0.4, -0.2) is 84.6 Å². The Morgan fingerprint density at radius 2 is 1.55 bits per heavy atom. The van der Waals surface area contributed by atoms with Gasteiger partial charge in [-0.25, -0.2) is 0 Å². The molecule has 4 rings (SSSR count). The van der Waals surface area contributed by atoms with Crippen LogP contribution in [0.15, 0.2) is 12.1 Å². The number of ketones is 2. The Balaban J connectivity index is 1.87. The number of aliphatic hydroxyl groups excluding tert-OH is 4. The molecule has 1 saturated heterocycles. The van der Waals surface area contributed by atoms with Crippen molar-refractivity contribution >= 4 is 11.6 Å². The predicted molar refractivity (Wildman–Crippen MR) is 109 cm³/mol. The molecule has 0 spiro atoms. The van der Waals surface area contributed by atoms with E-state index in [2.05, 4.69) is 0 Å². The van der Waals surface area contributed by atoms with E-state index in [1.807, 2.05) is 0 Å². The van der Waals surface area contributed by atoms with E-state index in [4.69, 9.17) is 9.47 Å². The Bertz CT molecular complexity index is 1170. The number of carbonyl (C=O) groups excluding carboxylic acids is 2. The van der Waals surface area contributed by atoms with Crippen molar-refractivity contribution < 1.29 is 54.8 Å². The van der Waals surface area contributed by atoms with E-state index >= 15 is 0 Å². The number of fused-ring (bicyclic) bond motifs is 2. The molecule has 11 nitrogen and oxygen atoms in total. The van der Waals surface area contributed by atoms with Gasteiger partial charge in [-0.05, 0) is 31.5 Å². The van der Waals surface area contributed by atoms with Gasteiger partial charge in [-0.1, -0.05) is 0 Å². The van der Waals surface area contributed by atoms with Crippen molar-refractivity contribution in [3.8, 4) is 23.0 Å². The van der Waals surface area contributed by atoms with Crippen molar-refractivity contribution in [2.24, 2.45) is 0 Å². The molecule has 1 aliphatic heterocycles. The molecule has 5 atom stereocenters. The minimum atomic E-state index is -1.79. The molecule has 176 valence electrons. The van der Waals surface area contributed by atoms with E-state index in [0.29, 0.717) is 0 Å². The fraction of sp³-hybridized carbons (Fsp3) is 0.364. The number of phenols is 3. The SMILES string of the molecule is Cc1cc(O)c2c(c1O[C@H]1O[C@H](CO)[C@@H](O)[C@@H](O)[C@H]1O)C(=O)c1c(cc(O)c(C)c1O)C2=O. The predicted octanol–water partition coefficient (Wildman–Crippen LogP) is -0.626. The van der Waals surface area contributed by atoms with E-state index in [0.717, 1.165) is 12.1 Å². The number of aromatic hydroxyl groups is 3. The molecule has 2 aliphatic rings. The third-order valence-corrected chi connectivity index (χ3v) is 5.98. The van der Waals surface area contributed by atoms with E-state index in [1.54, 1.807) is 0 Å². The van der Waals surface area contributed by atoms with Crippen molar-refractivity contribution in [3.63, 3.8) is 0 Å². The van der Waals surface area contributed by atoms with E-state index < -0.39 is 82.8 Å². The first kappa shape index (κ1) is 23.0. The topological polar surface area (TPSA) is 194 Å². The van der Waals surface area contributed by atoms with Crippen molar-refractivity contribution in [2.45, 2.75) is 44.6 Å². The summed E-state index contributed by atoms with van der Waals surface area (Å²) in [4.78, 5) is 26.5. The molecule has 0 aromatic heterocycles. The Labute approximate surface area is 186 Å². The third kappa shape index (κ3) is 3.33. The number of rotatable bonds is 3. The molecule has 0 saturated carbocycles. The van der Waals surface area contributed by atoms with E-state index in [9.17, 15) is 45.3 Å². The van der Waals surface area contributed by atoms with Crippen LogP contribution in [0.3, 0.4) is 0 Å². The lowest BCUT2D eigenvalue weighted by Gasteiger charge is -2.40. The van der Waals surface area contributed by atoms with Crippen LogP contribution in [0.4, 0.5) is 0 Å². The quantitative estimate of drug-likeness (QED) is 0.262. The highest BCUT2D eigenvalue weighted by molar-refractivity contribution is 6.31. The number of hydrogen-bond acceptors (Lipinski definition) is 11. The zero-order valence-corrected chi connectivity index (χ0v) is 17.5. The van der Waals surface area contributed by atoms with Crippen molar-refractivity contribution in [1.82, 2.24) is 0 Å². The minimum absolute atomic E-state index is 0.0355. The van der Waals surface area contributed by atoms with Gasteiger partial charge in [0.1, 0.15) is 47.4 Å². The lowest BCUT2D eigenvalue weighted by atomic mass is 9.80. The Morgan fingerprint density at radius 3 is 2.18 bits per heavy atom. The molecule has 0 bridgehead atoms. The number of aliphatic hydroxyl groups is 4. The maximum Gasteiger partial charge on any atom is 0.229 e. The Kier molecular flexibility index (Phi) is 5.55. The van der Waals surface area contributed by atoms with Gasteiger partial charge in [0.15, 0.2) is 5.78 Å². The molecule has 33 heavy (non-hydrogen) atoms. The van der Waals surface area contributed by atoms with E-state index in [-0.39, 0.29) is 22.4 Å². The van der Waals surface area contributed by atoms with Crippen molar-refractivity contribution in [2.75, 3.05) is 6.61 Å². The lowest BCUT2D eigenvalue weighted by Crippen LogP contribution is -2.60. The number of hydrogen-bond donors (Lipinski definition) is 7. The highest BCUT2D eigenvalue weighted by Gasteiger charge is 2.46. The Hall–Kier alpha value is -3.22. The third-order valence-electron chi connectivity index (χ3n) is 5.98. The smallest absolute Gasteiger partial charge is 0.229 e. The van der Waals surface area contributed by atoms with Gasteiger partial charge in [-0.2, -0.15) is 0 Å². The van der Waals surface area contributed by atoms with Crippen LogP contribution in [0.1, 0.15) is 43.0 Å². The summed E-state index contributed by atoms with van der Waals surface area (Å²) in [5, 5.41) is 70.6. The second-order valence-electron chi connectivity index (χ2n) is 8.06. The number of phenolic OH excluding ortho intramolecular Hbond substituents is 3. The maximum atomic E-state index is 13.4. The summed E-state index contributed by atoms with van der Waals surface area (Å²) in [6.07, 6.45) is -8.12. The van der Waals surface area contributed by atoms with Crippen molar-refractivity contribution in [1.29, 1.82) is 0 Å². The summed E-state index contributed by atoms with van der Waals surface area (Å²) in [5.74, 6) is -3.61. The van der Waals surface area contributed by atoms with Crippen LogP contribution >= 0.6 is 0 Å². The first-order valence-corrected chi connectivity index (χ1v) is 9.98. The monoisotopic (exact) mass is 462 g/mol. The minimum Gasteiger partial charge on any atom is -0.508 e. The van der Waals surface area contributed by atoms with Crippen LogP contribution in [-0.2, 0) is 4.74 Å². The second-order valence-corrected chi connectivity index (χ2v) is 8.06. The van der Waals surface area contributed by atoms with Gasteiger partial charge in [-0.15, -0.1) is 0 Å². The molecule has 1 aliphatic carbocycles. The molecular weight excluding hydrogens is 440 g/mol. The molecule has 7 N–H and O–H groups in total. The summed E-state index contributed by atoms with van der Waals surface area (Å²) in [5.41, 5.74) is -1.45. The highest BCUT2D eigenvalue weighted by Crippen LogP contribution is 2.45. The van der Waals surface area contributed by atoms with Crippen molar-refractivity contribution in [3.05, 3.63) is 45.5 Å². The molecule has 1 heterocycles. The van der Waals surface area contributed by atoms with Crippen LogP contribution in [0.5, 0.6) is 23.0 Å². The van der Waals surface area contributed by atoms with Gasteiger partial charge in [-0.3, -0.25) is 9.59 Å². The van der Waals surface area contributed by atoms with E-state index in [1.165, 1.54) is 13.8 Å². The number of ether oxygens (including phenoxy) is 2. The second kappa shape index (κ2) is 7.97. The molecule has 1 fully saturated rings. The largest absolute Gasteiger partial charge is 0.508 e. The zero-order valence-electron chi connectivity index (χ0n) is 17.5. The summed E-state index contributed by atoms with van der Waals surface area (Å²) < 4.78 is 11.0. The van der Waals surface area contributed by atoms with Gasteiger partial charge in [0, 0.05) is 11.1 Å². The number of benzene rings is 2. The first-order chi connectivity index (χ1) is 15.5. The standard InChI is InChI=1S/C22H22O11/c1-6-3-10(25)13-14(18(29)12-8(16(13)27)4-9(24)7(2)15(12)26)21(6)33-22-20(31)19(30)17(28)11(5-23)32-22/h3-4,11,17,19-20,22-26,28,30-31H,5H2,1-2H3/t11-,17-,19-,20-,22-/m1/s1. The summed E-state index contributed by atoms with van der Waals surface area (Å²) in [7, 11) is 0. The first-order valence-electron chi connectivity index (χ1n) is 9.98. The normalized spacial score (nSPS) is 26.7. The molecule has 0 unspecified atom stereocenters. The van der Waals surface area contributed by atoms with Gasteiger partial charge in [0.25, 0.3) is 0 Å². The lowest BCUT2D eigenvalue weighted by molar-refractivity contribution is -0.277. The van der Waals surface area contributed by atoms with Gasteiger partial charge < -0.3 is 45.2 Å². The van der Waals surface area contributed by atoms with Gasteiger partial charge in [0.05, 0.1) is 23.3 Å². The molecule has 0 amide bonds. The number of carbonyl (C=O) groups is 2. The molecule has 0 radical (unpaired) electrons. The van der Waals surface area contributed by atoms with Crippen LogP contribution in [0, 0.1) is 13.8 Å².